The molecular formula is C20H23ClN2O6S. The molecule has 0 aliphatic carbocycles. The lowest BCUT2D eigenvalue weighted by atomic mass is 9.91. The molecule has 1 aliphatic rings. The van der Waals surface area contributed by atoms with Crippen LogP contribution in [0.2, 0.25) is 5.02 Å². The van der Waals surface area contributed by atoms with Crippen LogP contribution in [0.25, 0.3) is 0 Å². The van der Waals surface area contributed by atoms with Crippen molar-refractivity contribution in [3.63, 3.8) is 0 Å². The van der Waals surface area contributed by atoms with Crippen molar-refractivity contribution >= 4 is 27.5 Å². The van der Waals surface area contributed by atoms with E-state index in [1.54, 1.807) is 29.7 Å². The van der Waals surface area contributed by atoms with Gasteiger partial charge in [-0.05, 0) is 67.3 Å². The maximum Gasteiger partial charge on any atom is 0.262 e. The number of benzene rings is 2. The first kappa shape index (κ1) is 22.5. The summed E-state index contributed by atoms with van der Waals surface area (Å²) in [4.78, 5) is 12.3. The molecule has 0 radical (unpaired) electrons. The Bertz CT molecular complexity index is 960. The van der Waals surface area contributed by atoms with Crippen LogP contribution in [0, 0.1) is 5.92 Å². The molecule has 30 heavy (non-hydrogen) atoms. The van der Waals surface area contributed by atoms with Gasteiger partial charge in [0.2, 0.25) is 10.0 Å². The molecule has 162 valence electrons. The Morgan fingerprint density at radius 2 is 1.67 bits per heavy atom. The van der Waals surface area contributed by atoms with Crippen LogP contribution in [0.5, 0.6) is 11.5 Å². The van der Waals surface area contributed by atoms with Crippen LogP contribution in [-0.2, 0) is 19.6 Å². The van der Waals surface area contributed by atoms with E-state index in [9.17, 15) is 13.2 Å². The second kappa shape index (κ2) is 9.76. The normalized spacial score (nSPS) is 16.3. The lowest BCUT2D eigenvalue weighted by molar-refractivity contribution is -0.135. The van der Waals surface area contributed by atoms with Gasteiger partial charge in [-0.3, -0.25) is 10.0 Å². The predicted molar refractivity (Wildman–Crippen MR) is 110 cm³/mol. The number of likely N-dealkylation sites (N-methyl/N-ethyl adjacent to an activating group) is 1. The van der Waals surface area contributed by atoms with Gasteiger partial charge in [0.05, 0.1) is 4.90 Å². The van der Waals surface area contributed by atoms with Crippen molar-refractivity contribution in [1.82, 2.24) is 9.79 Å². The van der Waals surface area contributed by atoms with Crippen molar-refractivity contribution in [3.8, 4) is 11.5 Å². The number of nitrogens with zero attached hydrogens (tertiary/aromatic N) is 1. The smallest absolute Gasteiger partial charge is 0.262 e. The summed E-state index contributed by atoms with van der Waals surface area (Å²) in [5.74, 6) is -0.0202. The highest BCUT2D eigenvalue weighted by molar-refractivity contribution is 7.89. The van der Waals surface area contributed by atoms with Crippen molar-refractivity contribution in [2.45, 2.75) is 23.8 Å². The van der Waals surface area contributed by atoms with E-state index >= 15 is 0 Å². The highest BCUT2D eigenvalue weighted by atomic mass is 35.5. The Morgan fingerprint density at radius 1 is 1.13 bits per heavy atom. The van der Waals surface area contributed by atoms with E-state index in [1.807, 2.05) is 0 Å². The number of hydrogen-bond donors (Lipinski definition) is 2. The third-order valence-electron chi connectivity index (χ3n) is 5.03. The quantitative estimate of drug-likeness (QED) is 0.492. The molecule has 2 aromatic rings. The molecule has 1 atom stereocenters. The van der Waals surface area contributed by atoms with E-state index in [4.69, 9.17) is 26.3 Å². The van der Waals surface area contributed by atoms with Gasteiger partial charge >= 0.3 is 0 Å². The van der Waals surface area contributed by atoms with Gasteiger partial charge in [-0.15, -0.1) is 0 Å². The van der Waals surface area contributed by atoms with Crippen molar-refractivity contribution in [1.29, 1.82) is 0 Å². The first-order valence-electron chi connectivity index (χ1n) is 9.36. The summed E-state index contributed by atoms with van der Waals surface area (Å²) in [6, 6.07) is 11.6. The highest BCUT2D eigenvalue weighted by Crippen LogP contribution is 2.29. The zero-order valence-corrected chi connectivity index (χ0v) is 17.9. The second-order valence-corrected chi connectivity index (χ2v) is 9.35. The third-order valence-corrected chi connectivity index (χ3v) is 7.14. The molecule has 0 spiro atoms. The zero-order chi connectivity index (χ0) is 21.7. The molecule has 1 heterocycles. The Morgan fingerprint density at radius 3 is 2.20 bits per heavy atom. The number of ether oxygens (including phenoxy) is 2. The number of nitrogens with one attached hydrogen (secondary N) is 1. The summed E-state index contributed by atoms with van der Waals surface area (Å²) in [5.41, 5.74) is 1.59. The summed E-state index contributed by atoms with van der Waals surface area (Å²) >= 11 is 5.85. The lowest BCUT2D eigenvalue weighted by Crippen LogP contribution is -2.52. The van der Waals surface area contributed by atoms with Crippen LogP contribution in [0.3, 0.4) is 0 Å². The molecule has 0 bridgehead atoms. The van der Waals surface area contributed by atoms with E-state index in [0.29, 0.717) is 42.6 Å². The molecule has 10 heteroatoms. The highest BCUT2D eigenvalue weighted by Gasteiger charge is 2.39. The number of hydrogen-bond acceptors (Lipinski definition) is 6. The minimum Gasteiger partial charge on any atom is -0.457 e. The molecule has 1 saturated heterocycles. The van der Waals surface area contributed by atoms with Gasteiger partial charge in [0.1, 0.15) is 17.5 Å². The SMILES string of the molecule is CN([C@@H](C(=O)NO)C1CCOCC1)S(=O)(=O)c1ccc(Oc2ccc(Cl)cc2)cc1. The monoisotopic (exact) mass is 454 g/mol. The largest absolute Gasteiger partial charge is 0.457 e. The molecule has 1 amide bonds. The number of amides is 1. The van der Waals surface area contributed by atoms with Crippen LogP contribution in [-0.4, -0.2) is 50.1 Å². The molecule has 2 aromatic carbocycles. The van der Waals surface area contributed by atoms with Crippen LogP contribution in [0.1, 0.15) is 12.8 Å². The van der Waals surface area contributed by atoms with Crippen LogP contribution in [0.4, 0.5) is 0 Å². The fourth-order valence-electron chi connectivity index (χ4n) is 3.41. The van der Waals surface area contributed by atoms with Crippen LogP contribution >= 0.6 is 11.6 Å². The van der Waals surface area contributed by atoms with Gasteiger partial charge in [-0.25, -0.2) is 13.9 Å². The molecule has 1 fully saturated rings. The maximum absolute atomic E-state index is 13.1. The average molecular weight is 455 g/mol. The first-order valence-corrected chi connectivity index (χ1v) is 11.2. The fourth-order valence-corrected chi connectivity index (χ4v) is 4.91. The van der Waals surface area contributed by atoms with E-state index in [-0.39, 0.29) is 10.8 Å². The molecule has 2 N–H and O–H groups in total. The van der Waals surface area contributed by atoms with Gasteiger partial charge in [-0.2, -0.15) is 4.31 Å². The van der Waals surface area contributed by atoms with Crippen molar-refractivity contribution in [2.75, 3.05) is 20.3 Å². The number of carbonyl (C=O) groups excluding carboxylic acids is 1. The van der Waals surface area contributed by atoms with E-state index < -0.39 is 22.0 Å². The molecule has 8 nitrogen and oxygen atoms in total. The topological polar surface area (TPSA) is 105 Å². The molecule has 0 aromatic heterocycles. The van der Waals surface area contributed by atoms with Crippen molar-refractivity contribution in [2.24, 2.45) is 5.92 Å². The van der Waals surface area contributed by atoms with E-state index in [1.165, 1.54) is 31.3 Å². The number of sulfonamides is 1. The van der Waals surface area contributed by atoms with Crippen LogP contribution < -0.4 is 10.2 Å². The summed E-state index contributed by atoms with van der Waals surface area (Å²) in [7, 11) is -2.65. The minimum atomic E-state index is -3.99. The Balaban J connectivity index is 1.80. The zero-order valence-electron chi connectivity index (χ0n) is 16.3. The summed E-state index contributed by atoms with van der Waals surface area (Å²) < 4.78 is 38.2. The summed E-state index contributed by atoms with van der Waals surface area (Å²) in [6.45, 7) is 0.870. The van der Waals surface area contributed by atoms with E-state index in [0.717, 1.165) is 4.31 Å². The minimum absolute atomic E-state index is 0.0104. The van der Waals surface area contributed by atoms with Crippen LogP contribution in [0.15, 0.2) is 53.4 Å². The van der Waals surface area contributed by atoms with E-state index in [2.05, 4.69) is 0 Å². The van der Waals surface area contributed by atoms with Gasteiger partial charge in [0, 0.05) is 25.3 Å². The first-order chi connectivity index (χ1) is 14.3. The Labute approximate surface area is 180 Å². The number of halogens is 1. The molecule has 3 rings (SSSR count). The molecular weight excluding hydrogens is 432 g/mol. The van der Waals surface area contributed by atoms with Crippen molar-refractivity contribution < 1.29 is 27.9 Å². The third kappa shape index (κ3) is 5.11. The number of rotatable bonds is 7. The molecule has 0 unspecified atom stereocenters. The van der Waals surface area contributed by atoms with Gasteiger partial charge in [-0.1, -0.05) is 11.6 Å². The Kier molecular flexibility index (Phi) is 7.32. The predicted octanol–water partition coefficient (Wildman–Crippen LogP) is 3.05. The molecule has 0 saturated carbocycles. The maximum atomic E-state index is 13.1. The standard InChI is InChI=1S/C20H23ClN2O6S/c1-23(19(20(24)22-25)14-10-12-28-13-11-14)30(26,27)18-8-6-17(7-9-18)29-16-4-2-15(21)3-5-16/h2-9,14,19,25H,10-13H2,1H3,(H,22,24)/t19-/m1/s1. The van der Waals surface area contributed by atoms with Crippen molar-refractivity contribution in [3.05, 3.63) is 53.6 Å². The van der Waals surface area contributed by atoms with Gasteiger partial charge < -0.3 is 9.47 Å². The molecule has 1 aliphatic heterocycles. The summed E-state index contributed by atoms with van der Waals surface area (Å²) in [5, 5.41) is 9.72. The number of carbonyl (C=O) groups is 1. The fraction of sp³-hybridized carbons (Fsp3) is 0.350. The average Bonchev–Trinajstić information content (AvgIpc) is 2.76. The van der Waals surface area contributed by atoms with Gasteiger partial charge in [0.15, 0.2) is 0 Å². The summed E-state index contributed by atoms with van der Waals surface area (Å²) in [6.07, 6.45) is 1.04. The second-order valence-electron chi connectivity index (χ2n) is 6.92. The van der Waals surface area contributed by atoms with Gasteiger partial charge in [0.25, 0.3) is 5.91 Å². The number of hydroxylamine groups is 1. The Hall–Kier alpha value is -2.17. The lowest BCUT2D eigenvalue weighted by Gasteiger charge is -2.34.